The van der Waals surface area contributed by atoms with Crippen molar-refractivity contribution in [3.8, 4) is 0 Å². The number of alkyl halides is 3. The number of halogens is 4. The highest BCUT2D eigenvalue weighted by atomic mass is 35.5. The van der Waals surface area contributed by atoms with Crippen LogP contribution < -0.4 is 10.6 Å². The van der Waals surface area contributed by atoms with Crippen LogP contribution in [0.15, 0.2) is 24.4 Å². The third-order valence-corrected chi connectivity index (χ3v) is 3.42. The third-order valence-electron chi connectivity index (χ3n) is 3.18. The summed E-state index contributed by atoms with van der Waals surface area (Å²) in [5, 5.41) is 13.1. The highest BCUT2D eigenvalue weighted by Crippen LogP contribution is 2.37. The summed E-state index contributed by atoms with van der Waals surface area (Å²) < 4.78 is 39.3. The third kappa shape index (κ3) is 6.02. The van der Waals surface area contributed by atoms with Crippen LogP contribution in [0.3, 0.4) is 0 Å². The Hall–Kier alpha value is -2.13. The molecule has 0 bridgehead atoms. The molecular weight excluding hydrogens is 357 g/mol. The van der Waals surface area contributed by atoms with Crippen LogP contribution in [0.2, 0.25) is 5.02 Å². The number of rotatable bonds is 7. The number of anilines is 3. The van der Waals surface area contributed by atoms with Crippen LogP contribution >= 0.6 is 11.6 Å². The van der Waals surface area contributed by atoms with Gasteiger partial charge in [-0.3, -0.25) is 0 Å². The lowest BCUT2D eigenvalue weighted by Crippen LogP contribution is -2.17. The van der Waals surface area contributed by atoms with E-state index in [9.17, 15) is 13.2 Å². The Kier molecular flexibility index (Phi) is 6.38. The minimum atomic E-state index is -4.55. The quantitative estimate of drug-likeness (QED) is 0.721. The van der Waals surface area contributed by atoms with Crippen LogP contribution in [0.1, 0.15) is 12.0 Å². The van der Waals surface area contributed by atoms with Crippen molar-refractivity contribution in [2.24, 2.45) is 0 Å². The molecule has 2 N–H and O–H groups in total. The summed E-state index contributed by atoms with van der Waals surface area (Å²) in [5.74, 6) is 0.393. The van der Waals surface area contributed by atoms with Gasteiger partial charge in [-0.1, -0.05) is 11.6 Å². The normalized spacial score (nSPS) is 11.6. The fourth-order valence-corrected chi connectivity index (χ4v) is 2.21. The highest BCUT2D eigenvalue weighted by molar-refractivity contribution is 6.30. The first kappa shape index (κ1) is 19.2. The molecule has 0 aliphatic rings. The predicted molar refractivity (Wildman–Crippen MR) is 91.2 cm³/mol. The smallest absolute Gasteiger partial charge is 0.369 e. The molecule has 0 saturated heterocycles. The first-order valence-electron chi connectivity index (χ1n) is 7.48. The van der Waals surface area contributed by atoms with Crippen LogP contribution in [0.25, 0.3) is 0 Å². The molecule has 0 amide bonds. The summed E-state index contributed by atoms with van der Waals surface area (Å²) in [6, 6.07) is 3.43. The summed E-state index contributed by atoms with van der Waals surface area (Å²) in [7, 11) is 3.94. The van der Waals surface area contributed by atoms with Gasteiger partial charge >= 0.3 is 6.18 Å². The highest BCUT2D eigenvalue weighted by Gasteiger charge is 2.34. The largest absolute Gasteiger partial charge is 0.418 e. The van der Waals surface area contributed by atoms with Gasteiger partial charge in [0.2, 0.25) is 5.95 Å². The molecule has 0 aliphatic heterocycles. The minimum absolute atomic E-state index is 0.00627. The fraction of sp³-hybridized carbons (Fsp3) is 0.400. The van der Waals surface area contributed by atoms with E-state index < -0.39 is 11.7 Å². The molecule has 0 fully saturated rings. The Balaban J connectivity index is 2.10. The second-order valence-corrected chi connectivity index (χ2v) is 6.00. The van der Waals surface area contributed by atoms with E-state index >= 15 is 0 Å². The molecule has 0 aliphatic carbocycles. The molecule has 2 rings (SSSR count). The van der Waals surface area contributed by atoms with Gasteiger partial charge in [-0.05, 0) is 45.3 Å². The topological polar surface area (TPSA) is 66.0 Å². The first-order valence-corrected chi connectivity index (χ1v) is 7.85. The summed E-state index contributed by atoms with van der Waals surface area (Å²) >= 11 is 5.66. The van der Waals surface area contributed by atoms with Gasteiger partial charge in [0.05, 0.1) is 17.4 Å². The SMILES string of the molecule is CN(C)CCCNc1cnnc(Nc2ccc(Cl)cc2C(F)(F)F)n1. The lowest BCUT2D eigenvalue weighted by molar-refractivity contribution is -0.136. The molecule has 25 heavy (non-hydrogen) atoms. The van der Waals surface area contributed by atoms with Crippen molar-refractivity contribution in [1.82, 2.24) is 20.1 Å². The van der Waals surface area contributed by atoms with Crippen molar-refractivity contribution in [3.05, 3.63) is 35.0 Å². The molecule has 0 radical (unpaired) electrons. The van der Waals surface area contributed by atoms with Gasteiger partial charge in [-0.2, -0.15) is 23.3 Å². The Labute approximate surface area is 148 Å². The van der Waals surface area contributed by atoms with E-state index in [-0.39, 0.29) is 16.7 Å². The maximum atomic E-state index is 13.1. The Morgan fingerprint density at radius 3 is 2.68 bits per heavy atom. The molecule has 10 heteroatoms. The van der Waals surface area contributed by atoms with Crippen molar-refractivity contribution in [2.45, 2.75) is 12.6 Å². The summed E-state index contributed by atoms with van der Waals surface area (Å²) in [6.45, 7) is 1.56. The number of hydrogen-bond acceptors (Lipinski definition) is 6. The number of nitrogens with one attached hydrogen (secondary N) is 2. The van der Waals surface area contributed by atoms with Gasteiger partial charge < -0.3 is 15.5 Å². The Morgan fingerprint density at radius 1 is 1.24 bits per heavy atom. The zero-order valence-electron chi connectivity index (χ0n) is 13.7. The van der Waals surface area contributed by atoms with Gasteiger partial charge in [-0.15, -0.1) is 5.10 Å². The molecule has 136 valence electrons. The summed E-state index contributed by atoms with van der Waals surface area (Å²) in [6.07, 6.45) is -2.26. The molecule has 1 aromatic carbocycles. The van der Waals surface area contributed by atoms with Crippen molar-refractivity contribution >= 4 is 29.1 Å². The standard InChI is InChI=1S/C15H18ClF3N6/c1-25(2)7-3-6-20-13-9-21-24-14(23-13)22-12-5-4-10(16)8-11(12)15(17,18)19/h4-5,8-9H,3,6-7H2,1-2H3,(H2,20,22,23,24). The lowest BCUT2D eigenvalue weighted by atomic mass is 10.1. The summed E-state index contributed by atoms with van der Waals surface area (Å²) in [4.78, 5) is 6.17. The fourth-order valence-electron chi connectivity index (χ4n) is 2.03. The second-order valence-electron chi connectivity index (χ2n) is 5.56. The molecule has 6 nitrogen and oxygen atoms in total. The van der Waals surface area contributed by atoms with Crippen molar-refractivity contribution < 1.29 is 13.2 Å². The predicted octanol–water partition coefficient (Wildman–Crippen LogP) is 3.65. The Morgan fingerprint density at radius 2 is 2.00 bits per heavy atom. The van der Waals surface area contributed by atoms with E-state index in [1.165, 1.54) is 18.3 Å². The van der Waals surface area contributed by atoms with Crippen LogP contribution in [0, 0.1) is 0 Å². The van der Waals surface area contributed by atoms with E-state index in [1.54, 1.807) is 0 Å². The van der Waals surface area contributed by atoms with Crippen molar-refractivity contribution in [1.29, 1.82) is 0 Å². The number of hydrogen-bond donors (Lipinski definition) is 2. The van der Waals surface area contributed by atoms with E-state index in [0.717, 1.165) is 19.0 Å². The van der Waals surface area contributed by atoms with Gasteiger partial charge in [0.15, 0.2) is 5.82 Å². The van der Waals surface area contributed by atoms with Crippen LogP contribution in [0.5, 0.6) is 0 Å². The molecule has 1 heterocycles. The van der Waals surface area contributed by atoms with Crippen LogP contribution in [0.4, 0.5) is 30.6 Å². The zero-order chi connectivity index (χ0) is 18.4. The van der Waals surface area contributed by atoms with E-state index in [0.29, 0.717) is 12.4 Å². The number of benzene rings is 1. The van der Waals surface area contributed by atoms with Gasteiger partial charge in [-0.25, -0.2) is 0 Å². The average Bonchev–Trinajstić information content (AvgIpc) is 2.52. The first-order chi connectivity index (χ1) is 11.8. The lowest BCUT2D eigenvalue weighted by Gasteiger charge is -2.14. The van der Waals surface area contributed by atoms with Gasteiger partial charge in [0.25, 0.3) is 0 Å². The molecule has 0 unspecified atom stereocenters. The van der Waals surface area contributed by atoms with Crippen LogP contribution in [-0.2, 0) is 6.18 Å². The monoisotopic (exact) mass is 374 g/mol. The second kappa shape index (κ2) is 8.30. The molecule has 1 aromatic heterocycles. The molecule has 0 spiro atoms. The maximum Gasteiger partial charge on any atom is 0.418 e. The average molecular weight is 375 g/mol. The van der Waals surface area contributed by atoms with Crippen LogP contribution in [-0.4, -0.2) is 47.3 Å². The van der Waals surface area contributed by atoms with E-state index in [2.05, 4.69) is 25.8 Å². The molecule has 2 aromatic rings. The molecular formula is C15H18ClF3N6. The van der Waals surface area contributed by atoms with Crippen molar-refractivity contribution in [3.63, 3.8) is 0 Å². The zero-order valence-corrected chi connectivity index (χ0v) is 14.5. The van der Waals surface area contributed by atoms with Gasteiger partial charge in [0.1, 0.15) is 0 Å². The number of aromatic nitrogens is 3. The molecule has 0 saturated carbocycles. The maximum absolute atomic E-state index is 13.1. The van der Waals surface area contributed by atoms with E-state index in [1.807, 2.05) is 19.0 Å². The number of nitrogens with zero attached hydrogens (tertiary/aromatic N) is 4. The van der Waals surface area contributed by atoms with Crippen molar-refractivity contribution in [2.75, 3.05) is 37.8 Å². The minimum Gasteiger partial charge on any atom is -0.369 e. The Bertz CT molecular complexity index is 708. The molecule has 0 atom stereocenters. The van der Waals surface area contributed by atoms with E-state index in [4.69, 9.17) is 11.6 Å². The van der Waals surface area contributed by atoms with Gasteiger partial charge in [0, 0.05) is 11.6 Å². The summed E-state index contributed by atoms with van der Waals surface area (Å²) in [5.41, 5.74) is -1.09.